The highest BCUT2D eigenvalue weighted by molar-refractivity contribution is 7.99. The predicted molar refractivity (Wildman–Crippen MR) is 125 cm³/mol. The maximum Gasteiger partial charge on any atom is 0.276 e. The first kappa shape index (κ1) is 20.4. The molecule has 4 rings (SSSR count). The van der Waals surface area contributed by atoms with Crippen LogP contribution in [-0.4, -0.2) is 21.2 Å². The number of aryl methyl sites for hydroxylation is 3. The van der Waals surface area contributed by atoms with Gasteiger partial charge >= 0.3 is 0 Å². The van der Waals surface area contributed by atoms with Crippen molar-refractivity contribution in [3.8, 4) is 5.69 Å². The summed E-state index contributed by atoms with van der Waals surface area (Å²) in [5.41, 5.74) is 5.39. The molecule has 0 aliphatic rings. The molecule has 2 aromatic heterocycles. The van der Waals surface area contributed by atoms with Gasteiger partial charge in [-0.15, -0.1) is 11.3 Å². The molecule has 5 nitrogen and oxygen atoms in total. The average Bonchev–Trinajstić information content (AvgIpc) is 3.18. The van der Waals surface area contributed by atoms with E-state index >= 15 is 0 Å². The Morgan fingerprint density at radius 2 is 1.93 bits per heavy atom. The Labute approximate surface area is 182 Å². The van der Waals surface area contributed by atoms with Crippen LogP contribution < -0.4 is 10.9 Å². The summed E-state index contributed by atoms with van der Waals surface area (Å²) in [7, 11) is 0. The van der Waals surface area contributed by atoms with Gasteiger partial charge in [-0.2, -0.15) is 0 Å². The quantitative estimate of drug-likeness (QED) is 0.350. The molecular formula is C23H21N3O2S2. The Balaban J connectivity index is 1.66. The van der Waals surface area contributed by atoms with Crippen molar-refractivity contribution < 1.29 is 4.79 Å². The number of amides is 1. The lowest BCUT2D eigenvalue weighted by Crippen LogP contribution is -2.22. The van der Waals surface area contributed by atoms with Gasteiger partial charge in [0.2, 0.25) is 5.91 Å². The molecule has 1 amide bonds. The normalized spacial score (nSPS) is 11.0. The van der Waals surface area contributed by atoms with E-state index in [1.54, 1.807) is 4.57 Å². The molecule has 7 heteroatoms. The fraction of sp³-hybridized carbons (Fsp3) is 0.174. The molecule has 0 saturated heterocycles. The number of hydrogen-bond donors (Lipinski definition) is 1. The van der Waals surface area contributed by atoms with Gasteiger partial charge in [-0.05, 0) is 73.2 Å². The van der Waals surface area contributed by atoms with Crippen LogP contribution in [0.4, 0.5) is 5.69 Å². The summed E-state index contributed by atoms with van der Waals surface area (Å²) >= 11 is 2.64. The number of carbonyl (C=O) groups is 1. The van der Waals surface area contributed by atoms with Gasteiger partial charge in [0.05, 0.1) is 17.0 Å². The molecular weight excluding hydrogens is 414 g/mol. The van der Waals surface area contributed by atoms with Gasteiger partial charge in [0, 0.05) is 5.69 Å². The van der Waals surface area contributed by atoms with E-state index in [1.165, 1.54) is 23.1 Å². The minimum Gasteiger partial charge on any atom is -0.325 e. The molecule has 0 fully saturated rings. The summed E-state index contributed by atoms with van der Waals surface area (Å²) < 4.78 is 2.22. The predicted octanol–water partition coefficient (Wildman–Crippen LogP) is 5.10. The number of nitrogens with one attached hydrogen (secondary N) is 1. The molecule has 0 aliphatic carbocycles. The average molecular weight is 436 g/mol. The highest BCUT2D eigenvalue weighted by atomic mass is 32.2. The zero-order chi connectivity index (χ0) is 21.3. The SMILES string of the molecule is Cc1cccc(NC(=O)CSc2nc3ccsc3c(=O)n2-c2ccc(C)c(C)c2)c1. The number of carbonyl (C=O) groups excluding carboxylic acids is 1. The Hall–Kier alpha value is -2.90. The van der Waals surface area contributed by atoms with E-state index < -0.39 is 0 Å². The summed E-state index contributed by atoms with van der Waals surface area (Å²) in [6.45, 7) is 6.03. The summed E-state index contributed by atoms with van der Waals surface area (Å²) in [6.07, 6.45) is 0. The van der Waals surface area contributed by atoms with Crippen LogP contribution in [-0.2, 0) is 4.79 Å². The molecule has 0 spiro atoms. The minimum absolute atomic E-state index is 0.111. The van der Waals surface area contributed by atoms with Crippen molar-refractivity contribution in [3.63, 3.8) is 0 Å². The van der Waals surface area contributed by atoms with E-state index in [4.69, 9.17) is 0 Å². The third kappa shape index (κ3) is 4.17. The first-order valence-corrected chi connectivity index (χ1v) is 11.4. The molecule has 1 N–H and O–H groups in total. The standard InChI is InChI=1S/C23H21N3O2S2/c1-14-5-4-6-17(11-14)24-20(27)13-30-23-25-19-9-10-29-21(19)22(28)26(23)18-8-7-15(2)16(3)12-18/h4-12H,13H2,1-3H3,(H,24,27). The lowest BCUT2D eigenvalue weighted by Gasteiger charge is -2.13. The van der Waals surface area contributed by atoms with Gasteiger partial charge < -0.3 is 5.32 Å². The molecule has 2 heterocycles. The number of nitrogens with zero attached hydrogens (tertiary/aromatic N) is 2. The van der Waals surface area contributed by atoms with Crippen molar-refractivity contribution in [1.29, 1.82) is 0 Å². The Bertz CT molecular complexity index is 1310. The number of thiophene rings is 1. The van der Waals surface area contributed by atoms with E-state index in [0.29, 0.717) is 15.4 Å². The van der Waals surface area contributed by atoms with E-state index in [2.05, 4.69) is 10.3 Å². The fourth-order valence-electron chi connectivity index (χ4n) is 3.13. The summed E-state index contributed by atoms with van der Waals surface area (Å²) in [4.78, 5) is 30.4. The van der Waals surface area contributed by atoms with E-state index in [1.807, 2.05) is 74.7 Å². The minimum atomic E-state index is -0.142. The van der Waals surface area contributed by atoms with Crippen LogP contribution in [0.1, 0.15) is 16.7 Å². The number of fused-ring (bicyclic) bond motifs is 1. The van der Waals surface area contributed by atoms with E-state index in [0.717, 1.165) is 28.1 Å². The molecule has 0 saturated carbocycles. The van der Waals surface area contributed by atoms with E-state index in [-0.39, 0.29) is 17.2 Å². The van der Waals surface area contributed by atoms with Gasteiger partial charge in [-0.25, -0.2) is 4.98 Å². The first-order valence-electron chi connectivity index (χ1n) is 9.49. The number of rotatable bonds is 5. The van der Waals surface area contributed by atoms with Crippen LogP contribution in [0.5, 0.6) is 0 Å². The van der Waals surface area contributed by atoms with Crippen LogP contribution in [0.3, 0.4) is 0 Å². The molecule has 0 atom stereocenters. The van der Waals surface area contributed by atoms with Crippen molar-refractivity contribution in [2.24, 2.45) is 0 Å². The number of anilines is 1. The summed E-state index contributed by atoms with van der Waals surface area (Å²) in [5, 5.41) is 5.27. The molecule has 152 valence electrons. The van der Waals surface area contributed by atoms with Crippen LogP contribution in [0.2, 0.25) is 0 Å². The van der Waals surface area contributed by atoms with Crippen molar-refractivity contribution in [1.82, 2.24) is 9.55 Å². The van der Waals surface area contributed by atoms with Crippen molar-refractivity contribution in [2.75, 3.05) is 11.1 Å². The maximum absolute atomic E-state index is 13.2. The van der Waals surface area contributed by atoms with Crippen molar-refractivity contribution in [2.45, 2.75) is 25.9 Å². The largest absolute Gasteiger partial charge is 0.325 e. The van der Waals surface area contributed by atoms with Crippen molar-refractivity contribution >= 4 is 44.9 Å². The number of aromatic nitrogens is 2. The Morgan fingerprint density at radius 3 is 2.70 bits per heavy atom. The molecule has 0 bridgehead atoms. The zero-order valence-corrected chi connectivity index (χ0v) is 18.6. The zero-order valence-electron chi connectivity index (χ0n) is 16.9. The van der Waals surface area contributed by atoms with Gasteiger partial charge in [-0.1, -0.05) is 30.0 Å². The molecule has 0 unspecified atom stereocenters. The lowest BCUT2D eigenvalue weighted by molar-refractivity contribution is -0.113. The third-order valence-electron chi connectivity index (χ3n) is 4.83. The molecule has 4 aromatic rings. The van der Waals surface area contributed by atoms with Crippen LogP contribution in [0, 0.1) is 20.8 Å². The molecule has 0 radical (unpaired) electrons. The summed E-state index contributed by atoms with van der Waals surface area (Å²) in [6, 6.07) is 15.4. The number of benzene rings is 2. The molecule has 30 heavy (non-hydrogen) atoms. The lowest BCUT2D eigenvalue weighted by atomic mass is 10.1. The van der Waals surface area contributed by atoms with Crippen LogP contribution >= 0.6 is 23.1 Å². The fourth-order valence-corrected chi connectivity index (χ4v) is 4.70. The monoisotopic (exact) mass is 435 g/mol. The second-order valence-electron chi connectivity index (χ2n) is 7.14. The molecule has 2 aromatic carbocycles. The third-order valence-corrected chi connectivity index (χ3v) is 6.66. The first-order chi connectivity index (χ1) is 14.4. The number of hydrogen-bond acceptors (Lipinski definition) is 5. The highest BCUT2D eigenvalue weighted by Gasteiger charge is 2.16. The van der Waals surface area contributed by atoms with Crippen molar-refractivity contribution in [3.05, 3.63) is 81.0 Å². The van der Waals surface area contributed by atoms with Gasteiger partial charge in [0.1, 0.15) is 4.70 Å². The van der Waals surface area contributed by atoms with Gasteiger partial charge in [-0.3, -0.25) is 14.2 Å². The van der Waals surface area contributed by atoms with Gasteiger partial charge in [0.15, 0.2) is 5.16 Å². The smallest absolute Gasteiger partial charge is 0.276 e. The van der Waals surface area contributed by atoms with Gasteiger partial charge in [0.25, 0.3) is 5.56 Å². The summed E-state index contributed by atoms with van der Waals surface area (Å²) in [5.74, 6) is 0.0119. The second-order valence-corrected chi connectivity index (χ2v) is 9.00. The number of thioether (sulfide) groups is 1. The molecule has 0 aliphatic heterocycles. The van der Waals surface area contributed by atoms with E-state index in [9.17, 15) is 9.59 Å². The maximum atomic E-state index is 13.2. The Morgan fingerprint density at radius 1 is 1.10 bits per heavy atom. The second kappa shape index (κ2) is 8.45. The Kier molecular flexibility index (Phi) is 5.74. The van der Waals surface area contributed by atoms with Crippen LogP contribution in [0.25, 0.3) is 15.9 Å². The van der Waals surface area contributed by atoms with Crippen LogP contribution in [0.15, 0.2) is 63.9 Å². The topological polar surface area (TPSA) is 64.0 Å². The highest BCUT2D eigenvalue weighted by Crippen LogP contribution is 2.25.